The summed E-state index contributed by atoms with van der Waals surface area (Å²) in [6.07, 6.45) is 7.39. The zero-order valence-corrected chi connectivity index (χ0v) is 17.3. The Morgan fingerprint density at radius 1 is 1.34 bits per heavy atom. The lowest BCUT2D eigenvalue weighted by molar-refractivity contribution is -0.137. The lowest BCUT2D eigenvalue weighted by atomic mass is 10.2. The van der Waals surface area contributed by atoms with Gasteiger partial charge in [-0.05, 0) is 37.1 Å². The largest absolute Gasteiger partial charge is 0.463 e. The molecule has 0 bridgehead atoms. The maximum Gasteiger partial charge on any atom is 0.330 e. The van der Waals surface area contributed by atoms with Gasteiger partial charge in [0.2, 0.25) is 0 Å². The minimum atomic E-state index is -0.376. The molecule has 2 aromatic rings. The maximum absolute atomic E-state index is 11.4. The van der Waals surface area contributed by atoms with Crippen LogP contribution in [-0.4, -0.2) is 60.7 Å². The van der Waals surface area contributed by atoms with Crippen LogP contribution in [0, 0.1) is 0 Å². The van der Waals surface area contributed by atoms with Crippen molar-refractivity contribution in [1.29, 1.82) is 0 Å². The monoisotopic (exact) mass is 395 g/mol. The molecule has 0 amide bonds. The van der Waals surface area contributed by atoms with Crippen LogP contribution in [0.4, 0.5) is 11.5 Å². The summed E-state index contributed by atoms with van der Waals surface area (Å²) in [6, 6.07) is 9.02. The summed E-state index contributed by atoms with van der Waals surface area (Å²) in [5.41, 5.74) is 3.18. The molecule has 1 aliphatic rings. The zero-order valence-electron chi connectivity index (χ0n) is 17.3. The number of hydrogen-bond acceptors (Lipinski definition) is 7. The maximum atomic E-state index is 11.4. The van der Waals surface area contributed by atoms with Gasteiger partial charge in [-0.1, -0.05) is 12.1 Å². The number of nitrogens with zero attached hydrogens (tertiary/aromatic N) is 4. The van der Waals surface area contributed by atoms with Gasteiger partial charge in [0.15, 0.2) is 0 Å². The number of anilines is 2. The number of likely N-dealkylation sites (tertiary alicyclic amines) is 1. The van der Waals surface area contributed by atoms with Crippen molar-refractivity contribution in [3.8, 4) is 0 Å². The molecule has 1 saturated heterocycles. The molecule has 0 spiro atoms. The van der Waals surface area contributed by atoms with Crippen molar-refractivity contribution in [2.75, 3.05) is 44.0 Å². The highest BCUT2D eigenvalue weighted by Gasteiger charge is 2.22. The molecule has 2 heterocycles. The first-order valence-electron chi connectivity index (χ1n) is 9.95. The topological polar surface area (TPSA) is 70.6 Å². The summed E-state index contributed by atoms with van der Waals surface area (Å²) in [4.78, 5) is 24.7. The molecule has 7 nitrogen and oxygen atoms in total. The molecule has 0 unspecified atom stereocenters. The number of aromatic nitrogens is 2. The number of esters is 1. The van der Waals surface area contributed by atoms with E-state index in [0.717, 1.165) is 31.9 Å². The van der Waals surface area contributed by atoms with Crippen LogP contribution in [0.1, 0.15) is 24.6 Å². The zero-order chi connectivity index (χ0) is 20.6. The van der Waals surface area contributed by atoms with Gasteiger partial charge >= 0.3 is 5.97 Å². The predicted octanol–water partition coefficient (Wildman–Crippen LogP) is 2.81. The molecule has 0 saturated carbocycles. The van der Waals surface area contributed by atoms with Crippen LogP contribution in [0.3, 0.4) is 0 Å². The summed E-state index contributed by atoms with van der Waals surface area (Å²) >= 11 is 0. The van der Waals surface area contributed by atoms with Crippen LogP contribution in [0.25, 0.3) is 6.08 Å². The van der Waals surface area contributed by atoms with Gasteiger partial charge in [-0.2, -0.15) is 0 Å². The van der Waals surface area contributed by atoms with Crippen molar-refractivity contribution in [3.63, 3.8) is 0 Å². The minimum Gasteiger partial charge on any atom is -0.463 e. The molecule has 7 heteroatoms. The van der Waals surface area contributed by atoms with Crippen LogP contribution in [0.5, 0.6) is 0 Å². The molecular formula is C22H29N5O2. The van der Waals surface area contributed by atoms with Gasteiger partial charge < -0.3 is 15.0 Å². The number of nitrogens with one attached hydrogen (secondary N) is 1. The smallest absolute Gasteiger partial charge is 0.330 e. The number of ether oxygens (including phenoxy) is 1. The number of benzene rings is 1. The third kappa shape index (κ3) is 6.29. The van der Waals surface area contributed by atoms with Crippen molar-refractivity contribution in [1.82, 2.24) is 14.9 Å². The van der Waals surface area contributed by atoms with Gasteiger partial charge in [-0.3, -0.25) is 9.88 Å². The Bertz CT molecular complexity index is 835. The van der Waals surface area contributed by atoms with E-state index < -0.39 is 0 Å². The normalized spacial score (nSPS) is 16.9. The van der Waals surface area contributed by atoms with E-state index in [1.807, 2.05) is 0 Å². The molecule has 1 fully saturated rings. The Labute approximate surface area is 172 Å². The number of carbonyl (C=O) groups excluding carboxylic acids is 1. The van der Waals surface area contributed by atoms with Gasteiger partial charge in [0.05, 0.1) is 24.7 Å². The van der Waals surface area contributed by atoms with E-state index in [1.165, 1.54) is 17.3 Å². The fourth-order valence-electron chi connectivity index (χ4n) is 3.34. The van der Waals surface area contributed by atoms with Crippen LogP contribution in [-0.2, 0) is 16.1 Å². The average Bonchev–Trinajstić information content (AvgIpc) is 3.14. The lowest BCUT2D eigenvalue weighted by Crippen LogP contribution is -2.26. The van der Waals surface area contributed by atoms with Gasteiger partial charge in [0.1, 0.15) is 5.82 Å². The van der Waals surface area contributed by atoms with E-state index in [2.05, 4.69) is 63.4 Å². The molecule has 0 radical (unpaired) electrons. The summed E-state index contributed by atoms with van der Waals surface area (Å²) in [5.74, 6) is 0.374. The average molecular weight is 396 g/mol. The van der Waals surface area contributed by atoms with Crippen molar-refractivity contribution in [3.05, 3.63) is 54.0 Å². The van der Waals surface area contributed by atoms with Gasteiger partial charge in [-0.15, -0.1) is 0 Å². The lowest BCUT2D eigenvalue weighted by Gasteiger charge is -2.19. The van der Waals surface area contributed by atoms with Crippen molar-refractivity contribution in [2.45, 2.75) is 25.9 Å². The van der Waals surface area contributed by atoms with Crippen LogP contribution >= 0.6 is 0 Å². The Balaban J connectivity index is 1.49. The van der Waals surface area contributed by atoms with E-state index in [4.69, 9.17) is 4.74 Å². The first kappa shape index (κ1) is 20.8. The summed E-state index contributed by atoms with van der Waals surface area (Å²) < 4.78 is 4.85. The molecule has 1 aromatic heterocycles. The molecule has 0 aliphatic carbocycles. The van der Waals surface area contributed by atoms with Gasteiger partial charge in [0.25, 0.3) is 0 Å². The Morgan fingerprint density at radius 2 is 2.21 bits per heavy atom. The third-order valence-electron chi connectivity index (χ3n) is 4.81. The Kier molecular flexibility index (Phi) is 7.19. The highest BCUT2D eigenvalue weighted by molar-refractivity contribution is 5.86. The molecular weight excluding hydrogens is 366 g/mol. The predicted molar refractivity (Wildman–Crippen MR) is 116 cm³/mol. The Hall–Kier alpha value is -2.93. The van der Waals surface area contributed by atoms with Gasteiger partial charge in [0, 0.05) is 51.5 Å². The quantitative estimate of drug-likeness (QED) is 0.544. The molecule has 3 rings (SSSR count). The van der Waals surface area contributed by atoms with E-state index in [0.29, 0.717) is 18.3 Å². The first-order valence-corrected chi connectivity index (χ1v) is 9.95. The van der Waals surface area contributed by atoms with Crippen LogP contribution in [0.2, 0.25) is 0 Å². The van der Waals surface area contributed by atoms with E-state index in [-0.39, 0.29) is 5.97 Å². The number of rotatable bonds is 8. The van der Waals surface area contributed by atoms with Gasteiger partial charge in [-0.25, -0.2) is 9.78 Å². The number of hydrogen-bond donors (Lipinski definition) is 1. The second-order valence-electron chi connectivity index (χ2n) is 7.34. The molecule has 1 aromatic carbocycles. The summed E-state index contributed by atoms with van der Waals surface area (Å²) in [5, 5.41) is 3.46. The van der Waals surface area contributed by atoms with Crippen molar-refractivity contribution in [2.24, 2.45) is 0 Å². The van der Waals surface area contributed by atoms with Crippen molar-refractivity contribution >= 4 is 23.6 Å². The van der Waals surface area contributed by atoms with E-state index >= 15 is 0 Å². The molecule has 154 valence electrons. The van der Waals surface area contributed by atoms with Crippen LogP contribution < -0.4 is 10.2 Å². The van der Waals surface area contributed by atoms with Crippen molar-refractivity contribution < 1.29 is 9.53 Å². The van der Waals surface area contributed by atoms with E-state index in [1.54, 1.807) is 25.4 Å². The van der Waals surface area contributed by atoms with Crippen LogP contribution in [0.15, 0.2) is 42.7 Å². The third-order valence-corrected chi connectivity index (χ3v) is 4.81. The molecule has 1 N–H and O–H groups in total. The fourth-order valence-corrected chi connectivity index (χ4v) is 3.34. The SMILES string of the molecule is CCOC(=O)/C=C/c1cnc(N[C@@H]2CCN(Cc3cccc(N(C)C)c3)C2)cn1. The molecule has 1 atom stereocenters. The summed E-state index contributed by atoms with van der Waals surface area (Å²) in [7, 11) is 4.13. The minimum absolute atomic E-state index is 0.349. The second-order valence-corrected chi connectivity index (χ2v) is 7.34. The number of carbonyl (C=O) groups is 1. The van der Waals surface area contributed by atoms with E-state index in [9.17, 15) is 4.79 Å². The Morgan fingerprint density at radius 3 is 2.93 bits per heavy atom. The fraction of sp³-hybridized carbons (Fsp3) is 0.409. The highest BCUT2D eigenvalue weighted by atomic mass is 16.5. The highest BCUT2D eigenvalue weighted by Crippen LogP contribution is 2.19. The molecule has 1 aliphatic heterocycles. The molecule has 29 heavy (non-hydrogen) atoms. The summed E-state index contributed by atoms with van der Waals surface area (Å²) in [6.45, 7) is 5.10. The first-order chi connectivity index (χ1) is 14.0. The second kappa shape index (κ2) is 10.0. The standard InChI is InChI=1S/C22H29N5O2/c1-4-29-22(28)9-8-18-13-24-21(14-23-18)25-19-10-11-27(16-19)15-17-6-5-7-20(12-17)26(2)3/h5-9,12-14,19H,4,10-11,15-16H2,1-3H3,(H,24,25)/b9-8+/t19-/m1/s1.